The standard InChI is InChI=1S/C21H37N3O8/c1-5-6-20(2,3)9-15(19(31)32)23-8-7-22(10-16(25)26)13-21(4,14-23)24(11-17(27)28)12-18(29)30/h15H,5-14H2,1-4H3,(H,25,26)(H,27,28)(H,29,30)(H,31,32). The predicted octanol–water partition coefficient (Wildman–Crippen LogP) is 0.588. The first-order chi connectivity index (χ1) is 14.7. The Morgan fingerprint density at radius 1 is 0.969 bits per heavy atom. The van der Waals surface area contributed by atoms with Crippen LogP contribution in [0.1, 0.15) is 47.0 Å². The molecule has 1 fully saturated rings. The molecular formula is C21H37N3O8. The quantitative estimate of drug-likeness (QED) is 0.305. The van der Waals surface area contributed by atoms with Crippen LogP contribution >= 0.6 is 0 Å². The van der Waals surface area contributed by atoms with Crippen LogP contribution in [0.5, 0.6) is 0 Å². The van der Waals surface area contributed by atoms with Gasteiger partial charge in [-0.05, 0) is 25.2 Å². The maximum absolute atomic E-state index is 12.2. The monoisotopic (exact) mass is 459 g/mol. The molecule has 0 saturated carbocycles. The molecule has 0 aromatic heterocycles. The molecule has 4 N–H and O–H groups in total. The van der Waals surface area contributed by atoms with E-state index < -0.39 is 48.5 Å². The number of carbonyl (C=O) groups is 4. The van der Waals surface area contributed by atoms with Gasteiger partial charge in [0.25, 0.3) is 0 Å². The van der Waals surface area contributed by atoms with Gasteiger partial charge in [-0.15, -0.1) is 0 Å². The van der Waals surface area contributed by atoms with Gasteiger partial charge in [0.2, 0.25) is 0 Å². The van der Waals surface area contributed by atoms with Gasteiger partial charge in [0, 0.05) is 31.7 Å². The Balaban J connectivity index is 3.35. The van der Waals surface area contributed by atoms with Gasteiger partial charge >= 0.3 is 23.9 Å². The lowest BCUT2D eigenvalue weighted by Gasteiger charge is -2.44. The zero-order valence-electron chi connectivity index (χ0n) is 19.4. The van der Waals surface area contributed by atoms with Crippen molar-refractivity contribution in [1.29, 1.82) is 0 Å². The van der Waals surface area contributed by atoms with Crippen LogP contribution in [-0.4, -0.2) is 116 Å². The Kier molecular flexibility index (Phi) is 10.1. The molecule has 2 atom stereocenters. The molecule has 0 aromatic carbocycles. The van der Waals surface area contributed by atoms with Crippen molar-refractivity contribution in [1.82, 2.24) is 14.7 Å². The van der Waals surface area contributed by atoms with Crippen molar-refractivity contribution < 1.29 is 39.6 Å². The summed E-state index contributed by atoms with van der Waals surface area (Å²) in [7, 11) is 0. The average molecular weight is 460 g/mol. The van der Waals surface area contributed by atoms with Gasteiger partial charge in [0.05, 0.1) is 19.6 Å². The second-order valence-electron chi connectivity index (χ2n) is 9.69. The van der Waals surface area contributed by atoms with Crippen molar-refractivity contribution in [2.24, 2.45) is 5.41 Å². The molecule has 11 nitrogen and oxygen atoms in total. The summed E-state index contributed by atoms with van der Waals surface area (Å²) in [4.78, 5) is 51.1. The third-order valence-corrected chi connectivity index (χ3v) is 5.98. The van der Waals surface area contributed by atoms with E-state index >= 15 is 0 Å². The SMILES string of the molecule is CCCC(C)(C)CC(C(=O)O)N1CCN(CC(=O)O)CC(C)(N(CC(=O)O)CC(=O)O)C1. The van der Waals surface area contributed by atoms with E-state index in [4.69, 9.17) is 0 Å². The summed E-state index contributed by atoms with van der Waals surface area (Å²) >= 11 is 0. The van der Waals surface area contributed by atoms with Crippen molar-refractivity contribution in [3.05, 3.63) is 0 Å². The number of hydrogen-bond acceptors (Lipinski definition) is 7. The highest BCUT2D eigenvalue weighted by Crippen LogP contribution is 2.32. The van der Waals surface area contributed by atoms with Crippen LogP contribution in [0.3, 0.4) is 0 Å². The lowest BCUT2D eigenvalue weighted by molar-refractivity contribution is -0.149. The van der Waals surface area contributed by atoms with Crippen LogP contribution in [0.25, 0.3) is 0 Å². The summed E-state index contributed by atoms with van der Waals surface area (Å²) in [6, 6.07) is -0.864. The van der Waals surface area contributed by atoms with E-state index in [0.717, 1.165) is 12.8 Å². The molecule has 0 aliphatic carbocycles. The highest BCUT2D eigenvalue weighted by molar-refractivity contribution is 5.74. The third-order valence-electron chi connectivity index (χ3n) is 5.98. The van der Waals surface area contributed by atoms with Gasteiger partial charge in [-0.25, -0.2) is 0 Å². The summed E-state index contributed by atoms with van der Waals surface area (Å²) in [6.45, 7) is 7.02. The Bertz CT molecular complexity index is 683. The molecule has 0 bridgehead atoms. The molecule has 2 unspecified atom stereocenters. The molecule has 1 rings (SSSR count). The number of rotatable bonds is 13. The summed E-state index contributed by atoms with van der Waals surface area (Å²) < 4.78 is 0. The van der Waals surface area contributed by atoms with Crippen molar-refractivity contribution >= 4 is 23.9 Å². The van der Waals surface area contributed by atoms with E-state index in [1.165, 1.54) is 4.90 Å². The normalized spacial score (nSPS) is 21.8. The third kappa shape index (κ3) is 8.71. The zero-order chi connectivity index (χ0) is 24.7. The van der Waals surface area contributed by atoms with Crippen LogP contribution in [0.4, 0.5) is 0 Å². The van der Waals surface area contributed by atoms with Gasteiger partial charge < -0.3 is 20.4 Å². The number of nitrogens with zero attached hydrogens (tertiary/aromatic N) is 3. The molecule has 0 radical (unpaired) electrons. The van der Waals surface area contributed by atoms with Gasteiger partial charge in [-0.2, -0.15) is 0 Å². The van der Waals surface area contributed by atoms with Crippen molar-refractivity contribution in [3.63, 3.8) is 0 Å². The Morgan fingerprint density at radius 3 is 1.97 bits per heavy atom. The van der Waals surface area contributed by atoms with Gasteiger partial charge in [-0.1, -0.05) is 27.2 Å². The van der Waals surface area contributed by atoms with E-state index in [1.807, 2.05) is 20.8 Å². The largest absolute Gasteiger partial charge is 0.480 e. The van der Waals surface area contributed by atoms with Gasteiger partial charge in [0.1, 0.15) is 6.04 Å². The number of aliphatic carboxylic acids is 4. The fourth-order valence-electron chi connectivity index (χ4n) is 4.63. The average Bonchev–Trinajstić information content (AvgIpc) is 2.77. The minimum Gasteiger partial charge on any atom is -0.480 e. The highest BCUT2D eigenvalue weighted by atomic mass is 16.4. The highest BCUT2D eigenvalue weighted by Gasteiger charge is 2.43. The molecule has 184 valence electrons. The Morgan fingerprint density at radius 2 is 1.53 bits per heavy atom. The fourth-order valence-corrected chi connectivity index (χ4v) is 4.63. The second-order valence-corrected chi connectivity index (χ2v) is 9.69. The maximum atomic E-state index is 12.2. The maximum Gasteiger partial charge on any atom is 0.320 e. The van der Waals surface area contributed by atoms with Gasteiger partial charge in [0.15, 0.2) is 0 Å². The fraction of sp³-hybridized carbons (Fsp3) is 0.810. The summed E-state index contributed by atoms with van der Waals surface area (Å²) in [5.41, 5.74) is -1.34. The first-order valence-electron chi connectivity index (χ1n) is 10.8. The van der Waals surface area contributed by atoms with Crippen molar-refractivity contribution in [3.8, 4) is 0 Å². The summed E-state index contributed by atoms with van der Waals surface area (Å²) in [5.74, 6) is -4.51. The molecule has 32 heavy (non-hydrogen) atoms. The van der Waals surface area contributed by atoms with Crippen LogP contribution in [0.15, 0.2) is 0 Å². The molecule has 0 spiro atoms. The first kappa shape index (κ1) is 27.8. The zero-order valence-corrected chi connectivity index (χ0v) is 19.4. The predicted molar refractivity (Wildman–Crippen MR) is 116 cm³/mol. The molecule has 0 aromatic rings. The summed E-state index contributed by atoms with van der Waals surface area (Å²) in [6.07, 6.45) is 2.09. The lowest BCUT2D eigenvalue weighted by Crippen LogP contribution is -2.61. The van der Waals surface area contributed by atoms with Crippen molar-refractivity contribution in [2.45, 2.75) is 58.5 Å². The molecule has 0 amide bonds. The Hall–Kier alpha value is -2.24. The molecular weight excluding hydrogens is 422 g/mol. The molecule has 1 saturated heterocycles. The number of carboxylic acid groups (broad SMARTS) is 4. The smallest absolute Gasteiger partial charge is 0.320 e. The van der Waals surface area contributed by atoms with Crippen LogP contribution in [0.2, 0.25) is 0 Å². The van der Waals surface area contributed by atoms with Crippen molar-refractivity contribution in [2.75, 3.05) is 45.8 Å². The number of carboxylic acids is 4. The molecule has 1 heterocycles. The van der Waals surface area contributed by atoms with Crippen LogP contribution in [0, 0.1) is 5.41 Å². The van der Waals surface area contributed by atoms with Crippen LogP contribution < -0.4 is 0 Å². The second kappa shape index (κ2) is 11.6. The topological polar surface area (TPSA) is 159 Å². The Labute approximate surface area is 188 Å². The van der Waals surface area contributed by atoms with Crippen LogP contribution in [-0.2, 0) is 19.2 Å². The van der Waals surface area contributed by atoms with E-state index in [0.29, 0.717) is 6.42 Å². The molecule has 1 aliphatic heterocycles. The minimum atomic E-state index is -1.22. The van der Waals surface area contributed by atoms with E-state index in [-0.39, 0.29) is 38.1 Å². The minimum absolute atomic E-state index is 0.0983. The van der Waals surface area contributed by atoms with Gasteiger partial charge in [-0.3, -0.25) is 33.9 Å². The van der Waals surface area contributed by atoms with E-state index in [1.54, 1.807) is 16.7 Å². The number of hydrogen-bond donors (Lipinski definition) is 4. The van der Waals surface area contributed by atoms with E-state index in [9.17, 15) is 39.6 Å². The molecule has 11 heteroatoms. The van der Waals surface area contributed by atoms with E-state index in [2.05, 4.69) is 0 Å². The first-order valence-corrected chi connectivity index (χ1v) is 10.8. The molecule has 1 aliphatic rings. The lowest BCUT2D eigenvalue weighted by atomic mass is 9.81. The summed E-state index contributed by atoms with van der Waals surface area (Å²) in [5, 5.41) is 38.0.